The number of nitrogens with zero attached hydrogens (tertiary/aromatic N) is 1. The van der Waals surface area contributed by atoms with E-state index in [1.807, 2.05) is 13.0 Å². The number of ether oxygens (including phenoxy) is 1. The Morgan fingerprint density at radius 1 is 1.06 bits per heavy atom. The van der Waals surface area contributed by atoms with E-state index in [1.54, 1.807) is 23.1 Å². The van der Waals surface area contributed by atoms with Crippen LogP contribution in [0, 0.1) is 11.7 Å². The van der Waals surface area contributed by atoms with Gasteiger partial charge in [-0.3, -0.25) is 14.3 Å². The molecule has 0 aromatic heterocycles. The van der Waals surface area contributed by atoms with Gasteiger partial charge in [0.2, 0.25) is 11.8 Å². The van der Waals surface area contributed by atoms with Crippen molar-refractivity contribution in [1.82, 2.24) is 0 Å². The number of carbonyl (C=O) groups is 2. The molecule has 3 aromatic carbocycles. The predicted molar refractivity (Wildman–Crippen MR) is 130 cm³/mol. The number of hydrogen-bond acceptors (Lipinski definition) is 5. The Labute approximate surface area is 202 Å². The molecule has 2 amide bonds. The van der Waals surface area contributed by atoms with E-state index in [0.717, 1.165) is 6.07 Å². The Bertz CT molecular complexity index is 1350. The topological polar surface area (TPSA) is 105 Å². The molecular weight excluding hydrogens is 473 g/mol. The lowest BCUT2D eigenvalue weighted by Crippen LogP contribution is -2.28. The van der Waals surface area contributed by atoms with Gasteiger partial charge in [-0.1, -0.05) is 18.2 Å². The number of amides is 2. The fraction of sp³-hybridized carbons (Fsp3) is 0.200. The van der Waals surface area contributed by atoms with Gasteiger partial charge in [-0.25, -0.2) is 12.8 Å². The van der Waals surface area contributed by atoms with E-state index in [-0.39, 0.29) is 35.4 Å². The molecule has 182 valence electrons. The van der Waals surface area contributed by atoms with Crippen molar-refractivity contribution in [3.05, 3.63) is 78.6 Å². The summed E-state index contributed by atoms with van der Waals surface area (Å²) < 4.78 is 46.4. The molecular formula is C25H24FN3O5S. The third kappa shape index (κ3) is 5.60. The first-order valence-corrected chi connectivity index (χ1v) is 12.5. The van der Waals surface area contributed by atoms with Gasteiger partial charge in [-0.05, 0) is 61.5 Å². The summed E-state index contributed by atoms with van der Waals surface area (Å²) in [6.07, 6.45) is 0.0519. The molecule has 1 atom stereocenters. The second-order valence-electron chi connectivity index (χ2n) is 7.94. The Hall–Kier alpha value is -3.92. The third-order valence-corrected chi connectivity index (χ3v) is 6.86. The van der Waals surface area contributed by atoms with Crippen LogP contribution in [0.4, 0.5) is 21.5 Å². The monoisotopic (exact) mass is 497 g/mol. The van der Waals surface area contributed by atoms with Gasteiger partial charge in [0.25, 0.3) is 10.0 Å². The Morgan fingerprint density at radius 2 is 1.80 bits per heavy atom. The highest BCUT2D eigenvalue weighted by molar-refractivity contribution is 7.92. The van der Waals surface area contributed by atoms with E-state index in [1.165, 1.54) is 42.5 Å². The van der Waals surface area contributed by atoms with Crippen LogP contribution in [0.2, 0.25) is 0 Å². The van der Waals surface area contributed by atoms with Crippen molar-refractivity contribution in [1.29, 1.82) is 0 Å². The van der Waals surface area contributed by atoms with Crippen molar-refractivity contribution in [3.8, 4) is 5.75 Å². The average Bonchev–Trinajstić information content (AvgIpc) is 3.21. The summed E-state index contributed by atoms with van der Waals surface area (Å²) in [5, 5.41) is 2.74. The molecule has 8 nitrogen and oxygen atoms in total. The molecule has 35 heavy (non-hydrogen) atoms. The molecule has 0 aliphatic carbocycles. The molecule has 10 heteroatoms. The van der Waals surface area contributed by atoms with E-state index >= 15 is 0 Å². The number of halogens is 1. The standard InChI is InChI=1S/C25H24FN3O5S/c1-2-34-23-9-4-3-8-22(23)29-16-17(14-24(29)30)25(31)27-19-10-12-21(13-11-19)35(32,33)28-20-7-5-6-18(26)15-20/h3-13,15,17,28H,2,14,16H2,1H3,(H,27,31). The van der Waals surface area contributed by atoms with Crippen LogP contribution in [0.5, 0.6) is 5.75 Å². The largest absolute Gasteiger partial charge is 0.492 e. The summed E-state index contributed by atoms with van der Waals surface area (Å²) in [5.41, 5.74) is 1.11. The number of hydrogen-bond donors (Lipinski definition) is 2. The number of nitrogens with one attached hydrogen (secondary N) is 2. The van der Waals surface area contributed by atoms with Gasteiger partial charge in [0.05, 0.1) is 28.8 Å². The Kier molecular flexibility index (Phi) is 7.02. The summed E-state index contributed by atoms with van der Waals surface area (Å²) >= 11 is 0. The third-order valence-electron chi connectivity index (χ3n) is 5.46. The lowest BCUT2D eigenvalue weighted by Gasteiger charge is -2.20. The van der Waals surface area contributed by atoms with Crippen molar-refractivity contribution in [2.75, 3.05) is 28.1 Å². The van der Waals surface area contributed by atoms with Crippen LogP contribution in [-0.2, 0) is 19.6 Å². The predicted octanol–water partition coefficient (Wildman–Crippen LogP) is 4.02. The average molecular weight is 498 g/mol. The highest BCUT2D eigenvalue weighted by Crippen LogP contribution is 2.33. The van der Waals surface area contributed by atoms with E-state index in [2.05, 4.69) is 10.0 Å². The minimum Gasteiger partial charge on any atom is -0.492 e. The molecule has 1 fully saturated rings. The van der Waals surface area contributed by atoms with Gasteiger partial charge >= 0.3 is 0 Å². The fourth-order valence-corrected chi connectivity index (χ4v) is 4.85. The van der Waals surface area contributed by atoms with Gasteiger partial charge in [0.15, 0.2) is 0 Å². The second-order valence-corrected chi connectivity index (χ2v) is 9.62. The van der Waals surface area contributed by atoms with Crippen molar-refractivity contribution >= 4 is 38.9 Å². The van der Waals surface area contributed by atoms with Gasteiger partial charge in [0.1, 0.15) is 11.6 Å². The SMILES string of the molecule is CCOc1ccccc1N1CC(C(=O)Nc2ccc(S(=O)(=O)Nc3cccc(F)c3)cc2)CC1=O. The number of para-hydroxylation sites is 2. The normalized spacial score (nSPS) is 15.7. The molecule has 0 bridgehead atoms. The molecule has 0 spiro atoms. The van der Waals surface area contributed by atoms with Crippen LogP contribution in [0.1, 0.15) is 13.3 Å². The van der Waals surface area contributed by atoms with Gasteiger partial charge in [0, 0.05) is 18.7 Å². The van der Waals surface area contributed by atoms with Crippen LogP contribution in [0.25, 0.3) is 0 Å². The summed E-state index contributed by atoms with van der Waals surface area (Å²) in [7, 11) is -3.94. The van der Waals surface area contributed by atoms with Gasteiger partial charge in [-0.2, -0.15) is 0 Å². The number of rotatable bonds is 8. The molecule has 0 saturated carbocycles. The maximum absolute atomic E-state index is 13.3. The Morgan fingerprint density at radius 3 is 2.51 bits per heavy atom. The summed E-state index contributed by atoms with van der Waals surface area (Å²) in [4.78, 5) is 26.9. The molecule has 4 rings (SSSR count). The van der Waals surface area contributed by atoms with Crippen molar-refractivity contribution < 1.29 is 27.1 Å². The smallest absolute Gasteiger partial charge is 0.261 e. The Balaban J connectivity index is 1.41. The zero-order chi connectivity index (χ0) is 25.0. The first kappa shape index (κ1) is 24.2. The van der Waals surface area contributed by atoms with Crippen LogP contribution in [0.3, 0.4) is 0 Å². The minimum absolute atomic E-state index is 0.0467. The first-order valence-electron chi connectivity index (χ1n) is 11.0. The molecule has 1 aliphatic heterocycles. The first-order chi connectivity index (χ1) is 16.8. The van der Waals surface area contributed by atoms with Gasteiger partial charge in [-0.15, -0.1) is 0 Å². The minimum atomic E-state index is -3.94. The van der Waals surface area contributed by atoms with Crippen molar-refractivity contribution in [2.45, 2.75) is 18.2 Å². The van der Waals surface area contributed by atoms with E-state index in [4.69, 9.17) is 4.74 Å². The zero-order valence-electron chi connectivity index (χ0n) is 18.9. The van der Waals surface area contributed by atoms with E-state index in [9.17, 15) is 22.4 Å². The quantitative estimate of drug-likeness (QED) is 0.489. The van der Waals surface area contributed by atoms with Crippen LogP contribution >= 0.6 is 0 Å². The summed E-state index contributed by atoms with van der Waals surface area (Å²) in [5.74, 6) is -1.08. The van der Waals surface area contributed by atoms with Crippen LogP contribution < -0.4 is 19.7 Å². The van der Waals surface area contributed by atoms with Crippen LogP contribution in [-0.4, -0.2) is 33.4 Å². The highest BCUT2D eigenvalue weighted by atomic mass is 32.2. The summed E-state index contributed by atoms with van der Waals surface area (Å²) in [6.45, 7) is 2.51. The molecule has 1 aliphatic rings. The lowest BCUT2D eigenvalue weighted by atomic mass is 10.1. The van der Waals surface area contributed by atoms with Crippen molar-refractivity contribution in [2.24, 2.45) is 5.92 Å². The molecule has 2 N–H and O–H groups in total. The number of benzene rings is 3. The summed E-state index contributed by atoms with van der Waals surface area (Å²) in [6, 6.07) is 17.9. The fourth-order valence-electron chi connectivity index (χ4n) is 3.80. The van der Waals surface area contributed by atoms with E-state index < -0.39 is 21.8 Å². The maximum Gasteiger partial charge on any atom is 0.261 e. The molecule has 1 heterocycles. The zero-order valence-corrected chi connectivity index (χ0v) is 19.7. The van der Waals surface area contributed by atoms with E-state index in [0.29, 0.717) is 23.7 Å². The van der Waals surface area contributed by atoms with Gasteiger partial charge < -0.3 is 15.0 Å². The highest BCUT2D eigenvalue weighted by Gasteiger charge is 2.36. The number of sulfonamides is 1. The maximum atomic E-state index is 13.3. The number of anilines is 3. The molecule has 1 saturated heterocycles. The lowest BCUT2D eigenvalue weighted by molar-refractivity contribution is -0.122. The van der Waals surface area contributed by atoms with Crippen molar-refractivity contribution in [3.63, 3.8) is 0 Å². The molecule has 0 radical (unpaired) electrons. The van der Waals surface area contributed by atoms with Crippen LogP contribution in [0.15, 0.2) is 77.7 Å². The second kappa shape index (κ2) is 10.1. The molecule has 3 aromatic rings. The number of carbonyl (C=O) groups excluding carboxylic acids is 2. The molecule has 1 unspecified atom stereocenters.